The quantitative estimate of drug-likeness (QED) is 0.552. The normalized spacial score (nSPS) is 11.2. The van der Waals surface area contributed by atoms with Crippen molar-refractivity contribution in [1.82, 2.24) is 25.0 Å². The minimum atomic E-state index is -2.76. The van der Waals surface area contributed by atoms with Gasteiger partial charge in [-0.05, 0) is 17.7 Å². The Kier molecular flexibility index (Phi) is 4.79. The number of halogens is 2. The molecule has 0 spiro atoms. The Morgan fingerprint density at radius 1 is 1.07 bits per heavy atom. The summed E-state index contributed by atoms with van der Waals surface area (Å²) in [4.78, 5) is 20.2. The number of rotatable bonds is 6. The van der Waals surface area contributed by atoms with Crippen LogP contribution in [-0.4, -0.2) is 25.6 Å². The van der Waals surface area contributed by atoms with Gasteiger partial charge in [-0.3, -0.25) is 4.79 Å². The first-order valence-electron chi connectivity index (χ1n) is 8.50. The largest absolute Gasteiger partial charge is 0.344 e. The average Bonchev–Trinajstić information content (AvgIpc) is 3.33. The molecular weight excluding hydrogens is 368 g/mol. The number of nitrogens with one attached hydrogen (secondary N) is 1. The van der Waals surface area contributed by atoms with Crippen molar-refractivity contribution in [2.75, 3.05) is 0 Å². The van der Waals surface area contributed by atoms with Crippen LogP contribution >= 0.6 is 0 Å². The monoisotopic (exact) mass is 383 g/mol. The molecule has 0 bridgehead atoms. The number of alkyl halides is 2. The van der Waals surface area contributed by atoms with Crippen LogP contribution < -0.4 is 5.32 Å². The summed E-state index contributed by atoms with van der Waals surface area (Å²) >= 11 is 0. The highest BCUT2D eigenvalue weighted by Crippen LogP contribution is 2.24. The SMILES string of the molecule is O=C(NCc1ccccc1)c1nc(Cn2c(C(F)F)nc3ccccc32)no1. The standard InChI is InChI=1S/C19H15F2N5O2/c20-16(21)17-23-13-8-4-5-9-14(13)26(17)11-15-24-19(28-25-15)18(27)22-10-12-6-2-1-3-7-12/h1-9,16H,10-11H2,(H,22,27). The van der Waals surface area contributed by atoms with Gasteiger partial charge >= 0.3 is 11.8 Å². The van der Waals surface area contributed by atoms with Gasteiger partial charge in [-0.25, -0.2) is 13.8 Å². The van der Waals surface area contributed by atoms with Gasteiger partial charge in [0.25, 0.3) is 6.43 Å². The van der Waals surface area contributed by atoms with Crippen molar-refractivity contribution >= 4 is 16.9 Å². The zero-order valence-electron chi connectivity index (χ0n) is 14.5. The van der Waals surface area contributed by atoms with E-state index in [0.29, 0.717) is 17.6 Å². The van der Waals surface area contributed by atoms with Gasteiger partial charge in [-0.15, -0.1) is 0 Å². The van der Waals surface area contributed by atoms with Crippen molar-refractivity contribution in [3.63, 3.8) is 0 Å². The number of para-hydroxylation sites is 2. The first kappa shape index (κ1) is 17.8. The number of carbonyl (C=O) groups excluding carboxylic acids is 1. The summed E-state index contributed by atoms with van der Waals surface area (Å²) in [6.45, 7) is 0.217. The lowest BCUT2D eigenvalue weighted by Gasteiger charge is -2.05. The van der Waals surface area contributed by atoms with E-state index in [9.17, 15) is 13.6 Å². The van der Waals surface area contributed by atoms with E-state index in [0.717, 1.165) is 5.56 Å². The van der Waals surface area contributed by atoms with Crippen molar-refractivity contribution in [3.05, 3.63) is 77.7 Å². The van der Waals surface area contributed by atoms with E-state index in [2.05, 4.69) is 20.4 Å². The highest BCUT2D eigenvalue weighted by molar-refractivity contribution is 5.89. The average molecular weight is 383 g/mol. The highest BCUT2D eigenvalue weighted by atomic mass is 19.3. The molecule has 0 aliphatic rings. The number of amides is 1. The van der Waals surface area contributed by atoms with E-state index in [1.165, 1.54) is 4.57 Å². The van der Waals surface area contributed by atoms with Gasteiger partial charge in [0.2, 0.25) is 0 Å². The second-order valence-electron chi connectivity index (χ2n) is 6.03. The number of fused-ring (bicyclic) bond motifs is 1. The minimum Gasteiger partial charge on any atom is -0.344 e. The number of benzene rings is 2. The molecule has 142 valence electrons. The summed E-state index contributed by atoms with van der Waals surface area (Å²) in [5.74, 6) is -1.04. The number of carbonyl (C=O) groups is 1. The fourth-order valence-electron chi connectivity index (χ4n) is 2.83. The Labute approximate surface area is 158 Å². The van der Waals surface area contributed by atoms with E-state index < -0.39 is 12.3 Å². The predicted octanol–water partition coefficient (Wildman–Crippen LogP) is 3.34. The van der Waals surface area contributed by atoms with Crippen LogP contribution in [0.15, 0.2) is 59.1 Å². The number of imidazole rings is 1. The lowest BCUT2D eigenvalue weighted by atomic mass is 10.2. The number of aromatic nitrogens is 4. The Hall–Kier alpha value is -3.62. The second-order valence-corrected chi connectivity index (χ2v) is 6.03. The van der Waals surface area contributed by atoms with Gasteiger partial charge in [0.05, 0.1) is 17.6 Å². The van der Waals surface area contributed by atoms with Crippen LogP contribution in [0.1, 0.15) is 34.3 Å². The molecule has 9 heteroatoms. The zero-order valence-corrected chi connectivity index (χ0v) is 14.5. The molecule has 28 heavy (non-hydrogen) atoms. The van der Waals surface area contributed by atoms with Gasteiger partial charge < -0.3 is 14.4 Å². The molecular formula is C19H15F2N5O2. The maximum Gasteiger partial charge on any atom is 0.316 e. The highest BCUT2D eigenvalue weighted by Gasteiger charge is 2.21. The summed E-state index contributed by atoms with van der Waals surface area (Å²) in [6, 6.07) is 16.1. The van der Waals surface area contributed by atoms with Gasteiger partial charge in [0.15, 0.2) is 11.6 Å². The van der Waals surface area contributed by atoms with Gasteiger partial charge in [0.1, 0.15) is 0 Å². The summed E-state index contributed by atoms with van der Waals surface area (Å²) in [5, 5.41) is 6.41. The van der Waals surface area contributed by atoms with Gasteiger partial charge in [-0.1, -0.05) is 47.6 Å². The van der Waals surface area contributed by atoms with Crippen LogP contribution in [-0.2, 0) is 13.1 Å². The zero-order chi connectivity index (χ0) is 19.5. The minimum absolute atomic E-state index is 0.0876. The molecule has 1 N–H and O–H groups in total. The summed E-state index contributed by atoms with van der Waals surface area (Å²) in [6.07, 6.45) is -2.76. The predicted molar refractivity (Wildman–Crippen MR) is 95.7 cm³/mol. The lowest BCUT2D eigenvalue weighted by molar-refractivity contribution is 0.0907. The molecule has 7 nitrogen and oxygen atoms in total. The summed E-state index contributed by atoms with van der Waals surface area (Å²) < 4.78 is 33.0. The third-order valence-corrected chi connectivity index (χ3v) is 4.14. The number of hydrogen-bond donors (Lipinski definition) is 1. The van der Waals surface area contributed by atoms with E-state index >= 15 is 0 Å². The molecule has 0 aliphatic carbocycles. The fourth-order valence-corrected chi connectivity index (χ4v) is 2.83. The van der Waals surface area contributed by atoms with Crippen LogP contribution in [0.4, 0.5) is 8.78 Å². The molecule has 0 fully saturated rings. The van der Waals surface area contributed by atoms with Crippen molar-refractivity contribution < 1.29 is 18.1 Å². The molecule has 0 atom stereocenters. The molecule has 2 heterocycles. The van der Waals surface area contributed by atoms with E-state index in [1.54, 1.807) is 24.3 Å². The van der Waals surface area contributed by atoms with Crippen LogP contribution in [0, 0.1) is 0 Å². The first-order chi connectivity index (χ1) is 13.6. The van der Waals surface area contributed by atoms with E-state index in [4.69, 9.17) is 4.52 Å². The van der Waals surface area contributed by atoms with Crippen LogP contribution in [0.5, 0.6) is 0 Å². The molecule has 0 saturated carbocycles. The Balaban J connectivity index is 1.51. The molecule has 2 aromatic heterocycles. The lowest BCUT2D eigenvalue weighted by Crippen LogP contribution is -2.23. The molecule has 0 aliphatic heterocycles. The van der Waals surface area contributed by atoms with Gasteiger partial charge in [-0.2, -0.15) is 4.98 Å². The number of hydrogen-bond acceptors (Lipinski definition) is 5. The Bertz CT molecular complexity index is 1110. The van der Waals surface area contributed by atoms with Crippen molar-refractivity contribution in [3.8, 4) is 0 Å². The van der Waals surface area contributed by atoms with Crippen molar-refractivity contribution in [2.24, 2.45) is 0 Å². The maximum atomic E-state index is 13.4. The Morgan fingerprint density at radius 3 is 2.61 bits per heavy atom. The smallest absolute Gasteiger partial charge is 0.316 e. The molecule has 1 amide bonds. The summed E-state index contributed by atoms with van der Waals surface area (Å²) in [5.41, 5.74) is 1.89. The van der Waals surface area contributed by atoms with Crippen LogP contribution in [0.25, 0.3) is 11.0 Å². The number of nitrogens with zero attached hydrogens (tertiary/aromatic N) is 4. The molecule has 4 aromatic rings. The van der Waals surface area contributed by atoms with Gasteiger partial charge in [0, 0.05) is 6.54 Å². The molecule has 0 radical (unpaired) electrons. The molecule has 4 rings (SSSR count). The maximum absolute atomic E-state index is 13.4. The fraction of sp³-hybridized carbons (Fsp3) is 0.158. The van der Waals surface area contributed by atoms with Crippen LogP contribution in [0.3, 0.4) is 0 Å². The van der Waals surface area contributed by atoms with Crippen molar-refractivity contribution in [1.29, 1.82) is 0 Å². The van der Waals surface area contributed by atoms with Crippen LogP contribution in [0.2, 0.25) is 0 Å². The van der Waals surface area contributed by atoms with Crippen molar-refractivity contribution in [2.45, 2.75) is 19.5 Å². The third kappa shape index (κ3) is 3.59. The summed E-state index contributed by atoms with van der Waals surface area (Å²) in [7, 11) is 0. The second kappa shape index (κ2) is 7.55. The molecule has 0 saturated heterocycles. The molecule has 0 unspecified atom stereocenters. The van der Waals surface area contributed by atoms with E-state index in [1.807, 2.05) is 30.3 Å². The third-order valence-electron chi connectivity index (χ3n) is 4.14. The topological polar surface area (TPSA) is 85.8 Å². The Morgan fingerprint density at radius 2 is 1.82 bits per heavy atom. The van der Waals surface area contributed by atoms with E-state index in [-0.39, 0.29) is 24.1 Å². The first-order valence-corrected chi connectivity index (χ1v) is 8.50. The molecule has 2 aromatic carbocycles.